The van der Waals surface area contributed by atoms with Crippen LogP contribution in [0.1, 0.15) is 27.2 Å². The van der Waals surface area contributed by atoms with Gasteiger partial charge in [-0.2, -0.15) is 0 Å². The highest BCUT2D eigenvalue weighted by atomic mass is 16.6. The predicted octanol–water partition coefficient (Wildman–Crippen LogP) is 2.90. The van der Waals surface area contributed by atoms with Gasteiger partial charge in [-0.3, -0.25) is 0 Å². The molecule has 21 heavy (non-hydrogen) atoms. The number of rotatable bonds is 5. The van der Waals surface area contributed by atoms with Gasteiger partial charge in [-0.25, -0.2) is 9.59 Å². The summed E-state index contributed by atoms with van der Waals surface area (Å²) in [5.41, 5.74) is -0.418. The average molecular weight is 290 g/mol. The van der Waals surface area contributed by atoms with Gasteiger partial charge in [0, 0.05) is 11.5 Å². The van der Waals surface area contributed by atoms with Crippen molar-refractivity contribution in [2.24, 2.45) is 0 Å². The van der Waals surface area contributed by atoms with Crippen LogP contribution in [0.25, 0.3) is 11.0 Å². The van der Waals surface area contributed by atoms with Gasteiger partial charge in [0.05, 0.1) is 0 Å². The summed E-state index contributed by atoms with van der Waals surface area (Å²) in [6.45, 7) is 5.49. The van der Waals surface area contributed by atoms with Crippen LogP contribution in [0.2, 0.25) is 0 Å². The van der Waals surface area contributed by atoms with E-state index in [-0.39, 0.29) is 6.61 Å². The maximum atomic E-state index is 11.7. The Bertz CT molecular complexity index is 699. The van der Waals surface area contributed by atoms with Crippen LogP contribution in [0, 0.1) is 0 Å². The van der Waals surface area contributed by atoms with E-state index in [0.29, 0.717) is 11.3 Å². The lowest BCUT2D eigenvalue weighted by Crippen LogP contribution is -2.29. The topological polar surface area (TPSA) is 65.7 Å². The van der Waals surface area contributed by atoms with Crippen LogP contribution in [0.5, 0.6) is 5.75 Å². The normalized spacial score (nSPS) is 11.4. The summed E-state index contributed by atoms with van der Waals surface area (Å²) < 4.78 is 15.7. The van der Waals surface area contributed by atoms with E-state index in [4.69, 9.17) is 13.9 Å². The molecule has 1 heterocycles. The fraction of sp³-hybridized carbons (Fsp3) is 0.375. The zero-order valence-corrected chi connectivity index (χ0v) is 12.3. The number of ether oxygens (including phenoxy) is 2. The molecule has 5 nitrogen and oxygen atoms in total. The molecule has 0 unspecified atom stereocenters. The highest BCUT2D eigenvalue weighted by Crippen LogP contribution is 2.20. The van der Waals surface area contributed by atoms with Crippen LogP contribution < -0.4 is 10.4 Å². The molecule has 2 aromatic rings. The number of carbonyl (C=O) groups is 1. The number of hydrogen-bond donors (Lipinski definition) is 0. The SMILES string of the molecule is CCC(C)(C)OC(=O)COc1ccc2oc(=O)ccc2c1. The van der Waals surface area contributed by atoms with E-state index in [2.05, 4.69) is 0 Å². The van der Waals surface area contributed by atoms with Crippen LogP contribution in [-0.4, -0.2) is 18.2 Å². The molecule has 2 rings (SSSR count). The van der Waals surface area contributed by atoms with Crippen LogP contribution >= 0.6 is 0 Å². The monoisotopic (exact) mass is 290 g/mol. The Morgan fingerprint density at radius 2 is 2.00 bits per heavy atom. The van der Waals surface area contributed by atoms with Crippen LogP contribution in [-0.2, 0) is 9.53 Å². The lowest BCUT2D eigenvalue weighted by Gasteiger charge is -2.23. The zero-order valence-electron chi connectivity index (χ0n) is 12.3. The molecule has 0 atom stereocenters. The van der Waals surface area contributed by atoms with E-state index in [1.54, 1.807) is 24.3 Å². The van der Waals surface area contributed by atoms with E-state index in [9.17, 15) is 9.59 Å². The molecule has 0 aliphatic carbocycles. The maximum absolute atomic E-state index is 11.7. The van der Waals surface area contributed by atoms with Crippen molar-refractivity contribution >= 4 is 16.9 Å². The molecule has 1 aromatic carbocycles. The zero-order chi connectivity index (χ0) is 15.5. The largest absolute Gasteiger partial charge is 0.482 e. The Hall–Kier alpha value is -2.30. The van der Waals surface area contributed by atoms with Gasteiger partial charge in [-0.05, 0) is 44.5 Å². The van der Waals surface area contributed by atoms with E-state index < -0.39 is 17.2 Å². The molecule has 0 aliphatic heterocycles. The van der Waals surface area contributed by atoms with Gasteiger partial charge in [0.25, 0.3) is 0 Å². The first kappa shape index (κ1) is 15.1. The Labute approximate surface area is 122 Å². The quantitative estimate of drug-likeness (QED) is 0.625. The Balaban J connectivity index is 2.02. The molecule has 112 valence electrons. The molecule has 0 aliphatic rings. The summed E-state index contributed by atoms with van der Waals surface area (Å²) in [6.07, 6.45) is 0.730. The summed E-state index contributed by atoms with van der Waals surface area (Å²) in [6, 6.07) is 7.96. The van der Waals surface area contributed by atoms with Crippen LogP contribution in [0.4, 0.5) is 0 Å². The van der Waals surface area contributed by atoms with Crippen LogP contribution in [0.15, 0.2) is 39.5 Å². The second-order valence-electron chi connectivity index (χ2n) is 5.33. The number of hydrogen-bond acceptors (Lipinski definition) is 5. The number of benzene rings is 1. The molecule has 0 saturated heterocycles. The first-order valence-corrected chi connectivity index (χ1v) is 6.78. The average Bonchev–Trinajstić information content (AvgIpc) is 2.44. The Morgan fingerprint density at radius 1 is 1.24 bits per heavy atom. The number of fused-ring (bicyclic) bond motifs is 1. The molecular formula is C16H18O5. The van der Waals surface area contributed by atoms with Gasteiger partial charge in [0.2, 0.25) is 0 Å². The number of carbonyl (C=O) groups excluding carboxylic acids is 1. The highest BCUT2D eigenvalue weighted by molar-refractivity contribution is 5.78. The summed E-state index contributed by atoms with van der Waals surface area (Å²) in [5.74, 6) is 0.101. The van der Waals surface area contributed by atoms with Gasteiger partial charge in [0.1, 0.15) is 16.9 Å². The lowest BCUT2D eigenvalue weighted by atomic mass is 10.1. The maximum Gasteiger partial charge on any atom is 0.344 e. The second-order valence-corrected chi connectivity index (χ2v) is 5.33. The van der Waals surface area contributed by atoms with Crippen molar-refractivity contribution in [2.75, 3.05) is 6.61 Å². The van der Waals surface area contributed by atoms with Gasteiger partial charge < -0.3 is 13.9 Å². The molecular weight excluding hydrogens is 272 g/mol. The van der Waals surface area contributed by atoms with Crippen molar-refractivity contribution in [3.8, 4) is 5.75 Å². The Morgan fingerprint density at radius 3 is 2.71 bits per heavy atom. The molecule has 0 spiro atoms. The fourth-order valence-corrected chi connectivity index (χ4v) is 1.69. The number of esters is 1. The Kier molecular flexibility index (Phi) is 4.31. The first-order chi connectivity index (χ1) is 9.89. The molecule has 0 radical (unpaired) electrons. The van der Waals surface area contributed by atoms with Gasteiger partial charge in [-0.1, -0.05) is 6.92 Å². The van der Waals surface area contributed by atoms with E-state index in [1.165, 1.54) is 6.07 Å². The predicted molar refractivity (Wildman–Crippen MR) is 78.4 cm³/mol. The van der Waals surface area contributed by atoms with E-state index in [0.717, 1.165) is 11.8 Å². The summed E-state index contributed by atoms with van der Waals surface area (Å²) >= 11 is 0. The molecule has 0 N–H and O–H groups in total. The minimum atomic E-state index is -0.493. The minimum absolute atomic E-state index is 0.161. The van der Waals surface area contributed by atoms with Crippen molar-refractivity contribution in [1.82, 2.24) is 0 Å². The molecule has 0 saturated carbocycles. The molecule has 0 fully saturated rings. The van der Waals surface area contributed by atoms with Gasteiger partial charge in [-0.15, -0.1) is 0 Å². The van der Waals surface area contributed by atoms with E-state index in [1.807, 2.05) is 20.8 Å². The molecule has 0 amide bonds. The lowest BCUT2D eigenvalue weighted by molar-refractivity contribution is -0.159. The summed E-state index contributed by atoms with van der Waals surface area (Å²) in [4.78, 5) is 22.8. The highest BCUT2D eigenvalue weighted by Gasteiger charge is 2.20. The smallest absolute Gasteiger partial charge is 0.344 e. The third-order valence-electron chi connectivity index (χ3n) is 3.19. The minimum Gasteiger partial charge on any atom is -0.482 e. The van der Waals surface area contributed by atoms with Crippen LogP contribution in [0.3, 0.4) is 0 Å². The third-order valence-corrected chi connectivity index (χ3v) is 3.19. The molecule has 0 bridgehead atoms. The van der Waals surface area contributed by atoms with Crippen molar-refractivity contribution < 1.29 is 18.7 Å². The molecule has 1 aromatic heterocycles. The summed E-state index contributed by atoms with van der Waals surface area (Å²) in [7, 11) is 0. The van der Waals surface area contributed by atoms with Crippen molar-refractivity contribution in [2.45, 2.75) is 32.8 Å². The third kappa shape index (κ3) is 4.08. The van der Waals surface area contributed by atoms with E-state index >= 15 is 0 Å². The van der Waals surface area contributed by atoms with Crippen molar-refractivity contribution in [3.63, 3.8) is 0 Å². The van der Waals surface area contributed by atoms with Crippen molar-refractivity contribution in [3.05, 3.63) is 40.8 Å². The summed E-state index contributed by atoms with van der Waals surface area (Å²) in [5, 5.41) is 0.731. The van der Waals surface area contributed by atoms with Gasteiger partial charge >= 0.3 is 11.6 Å². The standard InChI is InChI=1S/C16H18O5/c1-4-16(2,3)21-15(18)10-19-12-6-7-13-11(9-12)5-8-14(17)20-13/h5-9H,4,10H2,1-3H3. The van der Waals surface area contributed by atoms with Crippen molar-refractivity contribution in [1.29, 1.82) is 0 Å². The first-order valence-electron chi connectivity index (χ1n) is 6.78. The van der Waals surface area contributed by atoms with Gasteiger partial charge in [0.15, 0.2) is 6.61 Å². The molecule has 5 heteroatoms. The second kappa shape index (κ2) is 5.99. The fourth-order valence-electron chi connectivity index (χ4n) is 1.69.